The number of hydrogen-bond donors (Lipinski definition) is 0. The fraction of sp³-hybridized carbons (Fsp3) is 0.500. The summed E-state index contributed by atoms with van der Waals surface area (Å²) in [5.41, 5.74) is 0.830. The van der Waals surface area contributed by atoms with Crippen molar-refractivity contribution in [3.8, 4) is 0 Å². The van der Waals surface area contributed by atoms with Crippen molar-refractivity contribution in [3.05, 3.63) is 93.1 Å². The highest BCUT2D eigenvalue weighted by Crippen LogP contribution is 2.56. The van der Waals surface area contributed by atoms with E-state index in [1.807, 2.05) is 13.8 Å². The third-order valence-corrected chi connectivity index (χ3v) is 10.3. The third-order valence-electron chi connectivity index (χ3n) is 9.39. The molecule has 1 atom stereocenters. The van der Waals surface area contributed by atoms with Crippen LogP contribution in [-0.2, 0) is 13.6 Å². The smallest absolute Gasteiger partial charge is 0.289 e. The van der Waals surface area contributed by atoms with Gasteiger partial charge in [-0.15, -0.1) is 0 Å². The molecule has 1 unspecified atom stereocenters. The van der Waals surface area contributed by atoms with E-state index < -0.39 is 43.9 Å². The number of carbonyl (C=O) groups excluding carboxylic acids is 2. The second-order valence-electron chi connectivity index (χ2n) is 12.4. The molecule has 0 spiro atoms. The van der Waals surface area contributed by atoms with Crippen LogP contribution in [0.3, 0.4) is 0 Å². The van der Waals surface area contributed by atoms with E-state index in [1.54, 1.807) is 48.5 Å². The molecule has 2 aliphatic rings. The summed E-state index contributed by atoms with van der Waals surface area (Å²) in [5.74, 6) is -1.19. The third kappa shape index (κ3) is 7.98. The number of hydrogen-bond acceptors (Lipinski definition) is 5. The first-order valence-electron chi connectivity index (χ1n) is 16.1. The van der Waals surface area contributed by atoms with Crippen molar-refractivity contribution >= 4 is 19.8 Å². The van der Waals surface area contributed by atoms with E-state index in [0.29, 0.717) is 36.8 Å². The monoisotopic (exact) mass is 662 g/mol. The van der Waals surface area contributed by atoms with Crippen LogP contribution in [0.2, 0.25) is 0 Å². The Labute approximate surface area is 269 Å². The van der Waals surface area contributed by atoms with Gasteiger partial charge in [0.25, 0.3) is 0 Å². The van der Waals surface area contributed by atoms with Gasteiger partial charge >= 0.3 is 20.5 Å². The summed E-state index contributed by atoms with van der Waals surface area (Å²) in [6.45, 7) is 6.62. The van der Waals surface area contributed by atoms with E-state index in [2.05, 4.69) is 9.05 Å². The number of halogens is 4. The Hall–Kier alpha value is -2.87. The van der Waals surface area contributed by atoms with Gasteiger partial charge in [-0.25, -0.2) is 9.05 Å². The summed E-state index contributed by atoms with van der Waals surface area (Å²) in [5, 5.41) is 0. The molecule has 2 aromatic rings. The molecule has 0 bridgehead atoms. The highest BCUT2D eigenvalue weighted by molar-refractivity contribution is 7.33. The summed E-state index contributed by atoms with van der Waals surface area (Å²) in [7, 11) is -4.54. The van der Waals surface area contributed by atoms with Crippen molar-refractivity contribution in [2.45, 2.75) is 111 Å². The fourth-order valence-electron chi connectivity index (χ4n) is 6.71. The average Bonchev–Trinajstić information content (AvgIpc) is 3.73. The van der Waals surface area contributed by atoms with Gasteiger partial charge in [0.15, 0.2) is 11.6 Å². The van der Waals surface area contributed by atoms with Crippen LogP contribution >= 0.6 is 8.25 Å². The summed E-state index contributed by atoms with van der Waals surface area (Å²) < 4.78 is 85.4. The minimum Gasteiger partial charge on any atom is -0.289 e. The van der Waals surface area contributed by atoms with Crippen LogP contribution in [0.15, 0.2) is 70.8 Å². The molecule has 0 saturated heterocycles. The van der Waals surface area contributed by atoms with E-state index in [9.17, 15) is 14.2 Å². The molecule has 2 fully saturated rings. The van der Waals surface area contributed by atoms with E-state index in [4.69, 9.17) is 0 Å². The van der Waals surface area contributed by atoms with Crippen molar-refractivity contribution in [2.24, 2.45) is 5.41 Å². The number of rotatable bonds is 14. The average molecular weight is 663 g/mol. The lowest BCUT2D eigenvalue weighted by Gasteiger charge is -2.40. The van der Waals surface area contributed by atoms with Gasteiger partial charge in [-0.1, -0.05) is 84.7 Å². The number of allylic oxidation sites excluding steroid dienone is 2. The van der Waals surface area contributed by atoms with Gasteiger partial charge < -0.3 is 0 Å². The molecule has 0 aliphatic heterocycles. The lowest BCUT2D eigenvalue weighted by Crippen LogP contribution is -2.46. The Bertz CT molecular complexity index is 1490. The first-order chi connectivity index (χ1) is 21.7. The van der Waals surface area contributed by atoms with Crippen LogP contribution in [0.4, 0.5) is 17.6 Å². The van der Waals surface area contributed by atoms with Gasteiger partial charge in [-0.05, 0) is 78.1 Å². The van der Waals surface area contributed by atoms with Crippen molar-refractivity contribution in [1.82, 2.24) is 0 Å². The normalized spacial score (nSPS) is 16.5. The number of Topliss-reactive ketones (excluding diaryl/α,β-unsaturated/α-hetero) is 2. The second-order valence-corrected chi connectivity index (χ2v) is 13.3. The molecule has 250 valence electrons. The molecule has 0 aromatic heterocycles. The molecular weight excluding hydrogens is 619 g/mol. The number of carbonyl (C=O) groups is 2. The van der Waals surface area contributed by atoms with Crippen LogP contribution in [0, 0.1) is 19.3 Å². The number of ketones is 2. The minimum atomic E-state index is -4.54. The molecule has 0 amide bonds. The highest BCUT2D eigenvalue weighted by atomic mass is 31.1. The van der Waals surface area contributed by atoms with Gasteiger partial charge in [0, 0.05) is 22.3 Å². The first-order valence-corrected chi connectivity index (χ1v) is 17.3. The van der Waals surface area contributed by atoms with Gasteiger partial charge in [0.1, 0.15) is 0 Å². The molecular formula is C36H43F4O5P. The molecule has 0 N–H and O–H groups in total. The second kappa shape index (κ2) is 14.9. The van der Waals surface area contributed by atoms with Crippen molar-refractivity contribution in [1.29, 1.82) is 0 Å². The molecule has 2 aliphatic carbocycles. The van der Waals surface area contributed by atoms with Crippen LogP contribution < -0.4 is 0 Å². The molecule has 4 rings (SSSR count). The molecule has 10 heteroatoms. The van der Waals surface area contributed by atoms with E-state index in [1.165, 1.54) is 13.8 Å². The lowest BCUT2D eigenvalue weighted by molar-refractivity contribution is -0.259. The van der Waals surface area contributed by atoms with E-state index in [0.717, 1.165) is 36.8 Å². The minimum absolute atomic E-state index is 0.109. The van der Waals surface area contributed by atoms with Crippen LogP contribution in [-0.4, -0.2) is 23.8 Å². The topological polar surface area (TPSA) is 69.7 Å². The molecule has 5 nitrogen and oxygen atoms in total. The van der Waals surface area contributed by atoms with Crippen LogP contribution in [0.25, 0.3) is 0 Å². The maximum Gasteiger partial charge on any atom is 0.372 e. The zero-order chi connectivity index (χ0) is 33.7. The summed E-state index contributed by atoms with van der Waals surface area (Å²) in [4.78, 5) is 27.3. The Morgan fingerprint density at radius 3 is 1.59 bits per heavy atom. The SMILES string of the molecule is CCC(CC)(C(C(=O)c1ccc(C)cc1)=C1CCCC1)C(F)(F)O[PH](=O)OC(F)(F)CC(C(=O)c1ccc(C)cc1)=C1CCCC1. The van der Waals surface area contributed by atoms with Crippen molar-refractivity contribution < 1.29 is 40.8 Å². The quantitative estimate of drug-likeness (QED) is 0.0871. The molecule has 0 heterocycles. The standard InChI is InChI=1S/C36H43F4O5P/c1-5-34(6-2,31(27-13-9-10-14-27)33(42)29-21-17-25(4)18-22-29)36(39,40)45-46(43)44-35(37,38)23-30(26-11-7-8-12-26)32(41)28-19-15-24(3)16-20-28/h15-22,46H,5-14,23H2,1-4H3. The Kier molecular flexibility index (Phi) is 11.7. The Morgan fingerprint density at radius 2 is 1.13 bits per heavy atom. The molecule has 0 radical (unpaired) electrons. The number of aryl methyl sites for hydroxylation is 2. The largest absolute Gasteiger partial charge is 0.372 e. The maximum absolute atomic E-state index is 16.3. The first kappa shape index (κ1) is 36.0. The van der Waals surface area contributed by atoms with E-state index in [-0.39, 0.29) is 35.1 Å². The predicted octanol–water partition coefficient (Wildman–Crippen LogP) is 10.9. The number of alkyl halides is 4. The lowest BCUT2D eigenvalue weighted by atomic mass is 9.69. The predicted molar refractivity (Wildman–Crippen MR) is 171 cm³/mol. The zero-order valence-corrected chi connectivity index (χ0v) is 28.0. The summed E-state index contributed by atoms with van der Waals surface area (Å²) in [6, 6.07) is 13.0. The van der Waals surface area contributed by atoms with Crippen LogP contribution in [0.5, 0.6) is 0 Å². The maximum atomic E-state index is 16.3. The number of benzene rings is 2. The molecule has 2 aromatic carbocycles. The van der Waals surface area contributed by atoms with Gasteiger partial charge in [-0.2, -0.15) is 17.6 Å². The van der Waals surface area contributed by atoms with Crippen molar-refractivity contribution in [3.63, 3.8) is 0 Å². The molecule has 2 saturated carbocycles. The molecule has 46 heavy (non-hydrogen) atoms. The van der Waals surface area contributed by atoms with Gasteiger partial charge in [0.2, 0.25) is 0 Å². The van der Waals surface area contributed by atoms with Gasteiger partial charge in [-0.3, -0.25) is 14.2 Å². The van der Waals surface area contributed by atoms with E-state index >= 15 is 17.6 Å². The zero-order valence-electron chi connectivity index (χ0n) is 27.0. The van der Waals surface area contributed by atoms with Crippen molar-refractivity contribution in [2.75, 3.05) is 0 Å². The van der Waals surface area contributed by atoms with Gasteiger partial charge in [0.05, 0.1) is 11.8 Å². The Balaban J connectivity index is 1.61. The summed E-state index contributed by atoms with van der Waals surface area (Å²) in [6.07, 6.45) is -5.61. The fourth-order valence-corrected chi connectivity index (χ4v) is 7.48. The Morgan fingerprint density at radius 1 is 0.696 bits per heavy atom. The highest BCUT2D eigenvalue weighted by Gasteiger charge is 2.59. The summed E-state index contributed by atoms with van der Waals surface area (Å²) >= 11 is 0. The van der Waals surface area contributed by atoms with Crippen LogP contribution in [0.1, 0.15) is 116 Å².